The first-order chi connectivity index (χ1) is 15.0. The zero-order valence-corrected chi connectivity index (χ0v) is 17.7. The van der Waals surface area contributed by atoms with Crippen LogP contribution in [0, 0.1) is 10.1 Å². The number of nitro benzene ring substituents is 1. The van der Waals surface area contributed by atoms with Gasteiger partial charge in [0.15, 0.2) is 21.9 Å². The van der Waals surface area contributed by atoms with E-state index in [0.29, 0.717) is 40.6 Å². The Labute approximate surface area is 180 Å². The Morgan fingerprint density at radius 1 is 1.29 bits per heavy atom. The molecule has 0 aliphatic carbocycles. The van der Waals surface area contributed by atoms with Crippen molar-refractivity contribution in [2.45, 2.75) is 13.5 Å². The summed E-state index contributed by atoms with van der Waals surface area (Å²) in [6, 6.07) is 11.6. The van der Waals surface area contributed by atoms with E-state index in [1.165, 1.54) is 30.6 Å². The van der Waals surface area contributed by atoms with Crippen molar-refractivity contribution in [1.82, 2.24) is 4.57 Å². The largest absolute Gasteiger partial charge is 0.493 e. The number of furan rings is 1. The minimum absolute atomic E-state index is 0.0204. The number of hydrogen-bond acceptors (Lipinski definition) is 7. The summed E-state index contributed by atoms with van der Waals surface area (Å²) >= 11 is 1.20. The van der Waals surface area contributed by atoms with Crippen LogP contribution in [0.25, 0.3) is 21.2 Å². The second-order valence-corrected chi connectivity index (χ2v) is 7.56. The first-order valence-corrected chi connectivity index (χ1v) is 10.3. The molecule has 2 heterocycles. The van der Waals surface area contributed by atoms with Crippen molar-refractivity contribution in [2.24, 2.45) is 4.99 Å². The summed E-state index contributed by atoms with van der Waals surface area (Å²) in [5, 5.41) is 11.9. The van der Waals surface area contributed by atoms with Gasteiger partial charge < -0.3 is 18.5 Å². The number of ether oxygens (including phenoxy) is 2. The quantitative estimate of drug-likeness (QED) is 0.242. The Morgan fingerprint density at radius 2 is 2.13 bits per heavy atom. The molecule has 0 bridgehead atoms. The second-order valence-electron chi connectivity index (χ2n) is 6.55. The van der Waals surface area contributed by atoms with Crippen LogP contribution in [0.5, 0.6) is 5.75 Å². The maximum Gasteiger partial charge on any atom is 0.315 e. The number of benzene rings is 2. The lowest BCUT2D eigenvalue weighted by molar-refractivity contribution is -0.384. The van der Waals surface area contributed by atoms with E-state index >= 15 is 0 Å². The number of methoxy groups -OCH3 is 1. The van der Waals surface area contributed by atoms with Crippen LogP contribution in [-0.4, -0.2) is 35.7 Å². The van der Waals surface area contributed by atoms with Crippen LogP contribution in [0.4, 0.5) is 5.69 Å². The molecule has 1 amide bonds. The van der Waals surface area contributed by atoms with Crippen LogP contribution in [-0.2, 0) is 11.3 Å². The summed E-state index contributed by atoms with van der Waals surface area (Å²) in [6.07, 6.45) is 0. The predicted molar refractivity (Wildman–Crippen MR) is 116 cm³/mol. The van der Waals surface area contributed by atoms with Gasteiger partial charge in [-0.1, -0.05) is 23.5 Å². The molecule has 2 aromatic heterocycles. The lowest BCUT2D eigenvalue weighted by Gasteiger charge is -2.05. The molecule has 0 aliphatic rings. The molecule has 4 aromatic rings. The van der Waals surface area contributed by atoms with Crippen molar-refractivity contribution >= 4 is 44.1 Å². The highest BCUT2D eigenvalue weighted by atomic mass is 32.1. The van der Waals surface area contributed by atoms with Gasteiger partial charge in [0.25, 0.3) is 5.69 Å². The lowest BCUT2D eigenvalue weighted by atomic mass is 10.2. The van der Waals surface area contributed by atoms with E-state index in [1.807, 2.05) is 23.6 Å². The van der Waals surface area contributed by atoms with Gasteiger partial charge in [0.1, 0.15) is 0 Å². The van der Waals surface area contributed by atoms with E-state index < -0.39 is 10.8 Å². The molecule has 4 rings (SSSR count). The zero-order valence-electron chi connectivity index (χ0n) is 16.9. The van der Waals surface area contributed by atoms with Crippen molar-refractivity contribution in [3.05, 3.63) is 63.1 Å². The SMILES string of the molecule is CCOCCn1c(=NC(=O)c2cc3cccc(OC)c3o2)sc2cc([N+](=O)[O-])ccc21. The van der Waals surface area contributed by atoms with E-state index in [1.54, 1.807) is 18.2 Å². The number of hydrogen-bond donors (Lipinski definition) is 0. The maximum absolute atomic E-state index is 12.9. The number of carbonyl (C=O) groups is 1. The smallest absolute Gasteiger partial charge is 0.315 e. The normalized spacial score (nSPS) is 12.0. The summed E-state index contributed by atoms with van der Waals surface area (Å²) in [5.41, 5.74) is 1.20. The number of nitrogens with zero attached hydrogens (tertiary/aromatic N) is 3. The zero-order chi connectivity index (χ0) is 22.0. The molecule has 0 N–H and O–H groups in total. The van der Waals surface area contributed by atoms with Crippen molar-refractivity contribution in [3.8, 4) is 5.75 Å². The Kier molecular flexibility index (Phi) is 5.83. The fraction of sp³-hybridized carbons (Fsp3) is 0.238. The minimum atomic E-state index is -0.551. The molecular formula is C21H19N3O6S. The van der Waals surface area contributed by atoms with E-state index in [0.717, 1.165) is 10.9 Å². The molecule has 0 atom stereocenters. The highest BCUT2D eigenvalue weighted by molar-refractivity contribution is 7.16. The van der Waals surface area contributed by atoms with Crippen molar-refractivity contribution in [2.75, 3.05) is 20.3 Å². The fourth-order valence-corrected chi connectivity index (χ4v) is 4.31. The Morgan fingerprint density at radius 3 is 2.87 bits per heavy atom. The topological polar surface area (TPSA) is 109 Å². The van der Waals surface area contributed by atoms with E-state index in [2.05, 4.69) is 4.99 Å². The summed E-state index contributed by atoms with van der Waals surface area (Å²) < 4.78 is 18.9. The minimum Gasteiger partial charge on any atom is -0.493 e. The molecular weight excluding hydrogens is 422 g/mol. The third-order valence-corrected chi connectivity index (χ3v) is 5.72. The molecule has 31 heavy (non-hydrogen) atoms. The third kappa shape index (κ3) is 4.07. The molecule has 0 unspecified atom stereocenters. The molecule has 9 nitrogen and oxygen atoms in total. The van der Waals surface area contributed by atoms with Gasteiger partial charge in [0.2, 0.25) is 0 Å². The van der Waals surface area contributed by atoms with Crippen molar-refractivity contribution in [3.63, 3.8) is 0 Å². The van der Waals surface area contributed by atoms with Crippen LogP contribution in [0.15, 0.2) is 51.9 Å². The van der Waals surface area contributed by atoms with E-state index in [4.69, 9.17) is 13.9 Å². The van der Waals surface area contributed by atoms with Crippen LogP contribution >= 0.6 is 11.3 Å². The number of nitro groups is 1. The fourth-order valence-electron chi connectivity index (χ4n) is 3.22. The van der Waals surface area contributed by atoms with Gasteiger partial charge >= 0.3 is 5.91 Å². The number of carbonyl (C=O) groups excluding carboxylic acids is 1. The van der Waals surface area contributed by atoms with Crippen LogP contribution < -0.4 is 9.54 Å². The number of non-ortho nitro benzene ring substituents is 1. The average Bonchev–Trinajstić information content (AvgIpc) is 3.35. The van der Waals surface area contributed by atoms with Crippen molar-refractivity contribution < 1.29 is 23.6 Å². The summed E-state index contributed by atoms with van der Waals surface area (Å²) in [7, 11) is 1.53. The molecule has 0 radical (unpaired) electrons. The van der Waals surface area contributed by atoms with Gasteiger partial charge in [-0.05, 0) is 25.1 Å². The number of rotatable bonds is 7. The maximum atomic E-state index is 12.9. The van der Waals surface area contributed by atoms with Gasteiger partial charge in [-0.15, -0.1) is 0 Å². The number of amides is 1. The molecule has 10 heteroatoms. The highest BCUT2D eigenvalue weighted by Gasteiger charge is 2.16. The summed E-state index contributed by atoms with van der Waals surface area (Å²) in [5.74, 6) is 0.0567. The molecule has 0 aliphatic heterocycles. The molecule has 2 aromatic carbocycles. The number of fused-ring (bicyclic) bond motifs is 2. The number of thiazole rings is 1. The molecule has 160 valence electrons. The van der Waals surface area contributed by atoms with Crippen molar-refractivity contribution in [1.29, 1.82) is 0 Å². The Bertz CT molecular complexity index is 1350. The van der Waals surface area contributed by atoms with E-state index in [9.17, 15) is 14.9 Å². The summed E-state index contributed by atoms with van der Waals surface area (Å²) in [6.45, 7) is 3.32. The van der Waals surface area contributed by atoms with Gasteiger partial charge in [0.05, 0.1) is 28.9 Å². The predicted octanol–water partition coefficient (Wildman–Crippen LogP) is 4.14. The Balaban J connectivity index is 1.80. The van der Waals surface area contributed by atoms with Gasteiger partial charge in [-0.2, -0.15) is 4.99 Å². The summed E-state index contributed by atoms with van der Waals surface area (Å²) in [4.78, 5) is 28.2. The average molecular weight is 441 g/mol. The lowest BCUT2D eigenvalue weighted by Crippen LogP contribution is -2.19. The van der Waals surface area contributed by atoms with Crippen LogP contribution in [0.2, 0.25) is 0 Å². The Hall–Kier alpha value is -3.50. The molecule has 0 spiro atoms. The number of para-hydroxylation sites is 1. The molecule has 0 saturated heterocycles. The van der Waals surface area contributed by atoms with Crippen LogP contribution in [0.3, 0.4) is 0 Å². The number of aromatic nitrogens is 1. The van der Waals surface area contributed by atoms with Crippen LogP contribution in [0.1, 0.15) is 17.5 Å². The van der Waals surface area contributed by atoms with E-state index in [-0.39, 0.29) is 11.4 Å². The highest BCUT2D eigenvalue weighted by Crippen LogP contribution is 2.29. The van der Waals surface area contributed by atoms with Gasteiger partial charge in [-0.25, -0.2) is 0 Å². The van der Waals surface area contributed by atoms with Gasteiger partial charge in [-0.3, -0.25) is 14.9 Å². The van der Waals surface area contributed by atoms with Gasteiger partial charge in [0, 0.05) is 30.7 Å². The molecule has 0 fully saturated rings. The third-order valence-electron chi connectivity index (χ3n) is 4.68. The monoisotopic (exact) mass is 441 g/mol. The first kappa shape index (κ1) is 20.8. The standard InChI is InChI=1S/C21H19N3O6S/c1-3-29-10-9-23-15-8-7-14(24(26)27)12-18(15)31-21(23)22-20(25)17-11-13-5-4-6-16(28-2)19(13)30-17/h4-8,11-12H,3,9-10H2,1-2H3. The molecule has 0 saturated carbocycles. The first-order valence-electron chi connectivity index (χ1n) is 9.53. The second kappa shape index (κ2) is 8.70.